The number of halogens is 4. The third-order valence-electron chi connectivity index (χ3n) is 7.66. The molecular formula is C25H26F4N2O4S. The standard InChI is InChI=1S/C25H26F4N2O4S/c26-16-8-15(9-17(27)11-16)18-3-1-2-14(23(18)29)10-20-19(12-22(28)30-36(33)34)25(5-6-25)13-31(20)24(32)21-4-7-35-21/h1-3,8-9,11,19-22,30H,4-7,10,12-13H2,(H,33,34)/t19-,20+,21-,22?/m1/s1. The predicted octanol–water partition coefficient (Wildman–Crippen LogP) is 4.12. The quantitative estimate of drug-likeness (QED) is 0.308. The van der Waals surface area contributed by atoms with Gasteiger partial charge in [-0.2, -0.15) is 4.72 Å². The molecule has 3 fully saturated rings. The Labute approximate surface area is 208 Å². The van der Waals surface area contributed by atoms with Gasteiger partial charge in [0.1, 0.15) is 23.6 Å². The molecule has 2 aliphatic heterocycles. The van der Waals surface area contributed by atoms with Gasteiger partial charge in [0, 0.05) is 30.6 Å². The molecule has 0 bridgehead atoms. The second-order valence-electron chi connectivity index (χ2n) is 9.86. The van der Waals surface area contributed by atoms with Crippen LogP contribution >= 0.6 is 0 Å². The fourth-order valence-corrected chi connectivity index (χ4v) is 6.00. The summed E-state index contributed by atoms with van der Waals surface area (Å²) >= 11 is -2.55. The minimum Gasteiger partial charge on any atom is -0.368 e. The first kappa shape index (κ1) is 25.3. The van der Waals surface area contributed by atoms with Gasteiger partial charge in [-0.25, -0.2) is 21.8 Å². The van der Waals surface area contributed by atoms with Crippen LogP contribution in [-0.2, 0) is 27.2 Å². The molecular weight excluding hydrogens is 500 g/mol. The summed E-state index contributed by atoms with van der Waals surface area (Å²) in [6.07, 6.45) is -0.335. The molecule has 2 heterocycles. The molecule has 194 valence electrons. The number of amides is 1. The molecule has 2 saturated heterocycles. The summed E-state index contributed by atoms with van der Waals surface area (Å²) in [5, 5.41) is 0. The van der Waals surface area contributed by atoms with Gasteiger partial charge in [0.25, 0.3) is 5.91 Å². The van der Waals surface area contributed by atoms with E-state index in [0.29, 0.717) is 25.6 Å². The second kappa shape index (κ2) is 9.85. The lowest BCUT2D eigenvalue weighted by Gasteiger charge is -2.34. The van der Waals surface area contributed by atoms with Crippen LogP contribution in [0.15, 0.2) is 36.4 Å². The van der Waals surface area contributed by atoms with Gasteiger partial charge < -0.3 is 9.64 Å². The van der Waals surface area contributed by atoms with Crippen LogP contribution in [0.1, 0.15) is 31.2 Å². The molecule has 5 atom stereocenters. The molecule has 1 amide bonds. The summed E-state index contributed by atoms with van der Waals surface area (Å²) in [4.78, 5) is 14.9. The lowest BCUT2D eigenvalue weighted by atomic mass is 9.82. The minimum atomic E-state index is -2.55. The Bertz CT molecular complexity index is 1170. The van der Waals surface area contributed by atoms with Gasteiger partial charge in [0.15, 0.2) is 6.30 Å². The molecule has 2 N–H and O–H groups in total. The van der Waals surface area contributed by atoms with Crippen LogP contribution in [-0.4, -0.2) is 51.2 Å². The van der Waals surface area contributed by atoms with Gasteiger partial charge in [-0.3, -0.25) is 9.35 Å². The van der Waals surface area contributed by atoms with E-state index < -0.39 is 47.2 Å². The number of hydrogen-bond donors (Lipinski definition) is 2. The van der Waals surface area contributed by atoms with E-state index in [1.54, 1.807) is 17.0 Å². The first-order chi connectivity index (χ1) is 17.2. The monoisotopic (exact) mass is 526 g/mol. The topological polar surface area (TPSA) is 78.9 Å². The van der Waals surface area contributed by atoms with Crippen LogP contribution < -0.4 is 4.72 Å². The normalized spacial score (nSPS) is 26.0. The highest BCUT2D eigenvalue weighted by Gasteiger charge is 2.61. The number of nitrogens with one attached hydrogen (secondary N) is 1. The molecule has 36 heavy (non-hydrogen) atoms. The Morgan fingerprint density at radius 2 is 1.92 bits per heavy atom. The summed E-state index contributed by atoms with van der Waals surface area (Å²) in [7, 11) is 0. The molecule has 2 aromatic rings. The SMILES string of the molecule is O=C([C@H]1CCO1)N1CC2(CC2)[C@H](CC(F)NS(=O)O)[C@@H]1Cc1cccc(-c2cc(F)cc(F)c2)c1F. The molecule has 0 aromatic heterocycles. The van der Waals surface area contributed by atoms with E-state index in [1.807, 2.05) is 4.72 Å². The summed E-state index contributed by atoms with van der Waals surface area (Å²) in [6.45, 7) is 0.857. The average Bonchev–Trinajstić information content (AvgIpc) is 3.47. The smallest absolute Gasteiger partial charge is 0.252 e. The minimum absolute atomic E-state index is 0.0162. The van der Waals surface area contributed by atoms with Crippen LogP contribution in [0, 0.1) is 28.8 Å². The van der Waals surface area contributed by atoms with Crippen molar-refractivity contribution in [3.8, 4) is 11.1 Å². The first-order valence-corrected chi connectivity index (χ1v) is 12.9. The average molecular weight is 527 g/mol. The van der Waals surface area contributed by atoms with Gasteiger partial charge in [-0.05, 0) is 60.3 Å². The van der Waals surface area contributed by atoms with Crippen LogP contribution in [0.2, 0.25) is 0 Å². The maximum atomic E-state index is 15.7. The van der Waals surface area contributed by atoms with Crippen LogP contribution in [0.25, 0.3) is 11.1 Å². The fraction of sp³-hybridized carbons (Fsp3) is 0.480. The molecule has 3 aliphatic rings. The van der Waals surface area contributed by atoms with Crippen molar-refractivity contribution in [3.05, 3.63) is 59.4 Å². The summed E-state index contributed by atoms with van der Waals surface area (Å²) < 4.78 is 85.4. The number of alkyl halides is 1. The van der Waals surface area contributed by atoms with Crippen molar-refractivity contribution in [2.75, 3.05) is 13.2 Å². The number of rotatable bonds is 8. The fourth-order valence-electron chi connectivity index (χ4n) is 5.68. The highest BCUT2D eigenvalue weighted by atomic mass is 32.2. The number of ether oxygens (including phenoxy) is 1. The summed E-state index contributed by atoms with van der Waals surface area (Å²) in [6, 6.07) is 6.75. The van der Waals surface area contributed by atoms with Crippen molar-refractivity contribution >= 4 is 17.2 Å². The lowest BCUT2D eigenvalue weighted by Crippen LogP contribution is -2.49. The molecule has 2 unspecified atom stereocenters. The number of carbonyl (C=O) groups is 1. The third-order valence-corrected chi connectivity index (χ3v) is 8.11. The van der Waals surface area contributed by atoms with Crippen molar-refractivity contribution in [3.63, 3.8) is 0 Å². The lowest BCUT2D eigenvalue weighted by molar-refractivity contribution is -0.157. The van der Waals surface area contributed by atoms with E-state index in [4.69, 9.17) is 9.29 Å². The Morgan fingerprint density at radius 1 is 1.22 bits per heavy atom. The van der Waals surface area contributed by atoms with Gasteiger partial charge >= 0.3 is 0 Å². The van der Waals surface area contributed by atoms with Crippen molar-refractivity contribution in [2.24, 2.45) is 11.3 Å². The molecule has 11 heteroatoms. The second-order valence-corrected chi connectivity index (χ2v) is 10.6. The molecule has 1 spiro atoms. The van der Waals surface area contributed by atoms with Crippen molar-refractivity contribution in [2.45, 2.75) is 50.5 Å². The Hall–Kier alpha value is -2.34. The zero-order valence-electron chi connectivity index (χ0n) is 19.3. The first-order valence-electron chi connectivity index (χ1n) is 11.8. The van der Waals surface area contributed by atoms with E-state index in [-0.39, 0.29) is 46.8 Å². The molecule has 5 rings (SSSR count). The predicted molar refractivity (Wildman–Crippen MR) is 124 cm³/mol. The third kappa shape index (κ3) is 4.93. The van der Waals surface area contributed by atoms with Crippen molar-refractivity contribution < 1.29 is 35.9 Å². The molecule has 1 aliphatic carbocycles. The van der Waals surface area contributed by atoms with Crippen LogP contribution in [0.5, 0.6) is 0 Å². The van der Waals surface area contributed by atoms with Gasteiger partial charge in [-0.1, -0.05) is 18.2 Å². The van der Waals surface area contributed by atoms with Crippen molar-refractivity contribution in [1.29, 1.82) is 0 Å². The van der Waals surface area contributed by atoms with Gasteiger partial charge in [-0.15, -0.1) is 0 Å². The molecule has 0 radical (unpaired) electrons. The van der Waals surface area contributed by atoms with E-state index in [2.05, 4.69) is 0 Å². The van der Waals surface area contributed by atoms with Crippen LogP contribution in [0.3, 0.4) is 0 Å². The number of hydrogen-bond acceptors (Lipinski definition) is 3. The van der Waals surface area contributed by atoms with Gasteiger partial charge in [0.05, 0.1) is 6.61 Å². The largest absolute Gasteiger partial charge is 0.368 e. The van der Waals surface area contributed by atoms with Crippen molar-refractivity contribution in [1.82, 2.24) is 9.62 Å². The van der Waals surface area contributed by atoms with E-state index in [9.17, 15) is 22.2 Å². The molecule has 1 saturated carbocycles. The summed E-state index contributed by atoms with van der Waals surface area (Å²) in [5.74, 6) is -2.94. The maximum absolute atomic E-state index is 15.7. The highest BCUT2D eigenvalue weighted by Crippen LogP contribution is 2.60. The zero-order valence-corrected chi connectivity index (χ0v) is 20.1. The highest BCUT2D eigenvalue weighted by molar-refractivity contribution is 7.77. The van der Waals surface area contributed by atoms with E-state index >= 15 is 4.39 Å². The summed E-state index contributed by atoms with van der Waals surface area (Å²) in [5.41, 5.74) is -0.0520. The Balaban J connectivity index is 1.48. The molecule has 6 nitrogen and oxygen atoms in total. The molecule has 2 aromatic carbocycles. The number of nitrogens with zero attached hydrogens (tertiary/aromatic N) is 1. The number of likely N-dealkylation sites (tertiary alicyclic amines) is 1. The Kier molecular flexibility index (Phi) is 6.92. The van der Waals surface area contributed by atoms with Gasteiger partial charge in [0.2, 0.25) is 11.3 Å². The number of benzene rings is 2. The van der Waals surface area contributed by atoms with E-state index in [0.717, 1.165) is 25.0 Å². The zero-order chi connectivity index (χ0) is 25.6. The number of carbonyl (C=O) groups excluding carboxylic acids is 1. The Morgan fingerprint density at radius 3 is 2.50 bits per heavy atom. The van der Waals surface area contributed by atoms with E-state index in [1.165, 1.54) is 6.07 Å². The maximum Gasteiger partial charge on any atom is 0.252 e. The van der Waals surface area contributed by atoms with Crippen LogP contribution in [0.4, 0.5) is 17.6 Å².